The number of nitrogens with zero attached hydrogens (tertiary/aromatic N) is 6. The molecule has 5 aromatic rings. The minimum absolute atomic E-state index is 0.0349. The fourth-order valence-corrected chi connectivity index (χ4v) is 4.48. The standard InChI is InChI=1S/C17H15N9O2S/c1-25-13-10(14-16(25)22-12(29-14)4-8-2-3-19-23-8)6-21-26(17(13)28)7-11-9(15(18)27)5-20-24-11/h2-3,5-6H,4,7H2,1H3,(H2,18,27)(H,19,23)(H,20,24). The summed E-state index contributed by atoms with van der Waals surface area (Å²) in [6.45, 7) is 0.0349. The van der Waals surface area contributed by atoms with Crippen molar-refractivity contribution in [3.05, 3.63) is 57.0 Å². The van der Waals surface area contributed by atoms with Crippen molar-refractivity contribution >= 4 is 38.5 Å². The normalized spacial score (nSPS) is 11.6. The minimum Gasteiger partial charge on any atom is -0.365 e. The van der Waals surface area contributed by atoms with Gasteiger partial charge in [0.05, 0.1) is 34.4 Å². The van der Waals surface area contributed by atoms with Crippen LogP contribution >= 0.6 is 11.3 Å². The third kappa shape index (κ3) is 2.72. The van der Waals surface area contributed by atoms with Crippen molar-refractivity contribution in [2.45, 2.75) is 13.0 Å². The minimum atomic E-state index is -0.615. The third-order valence-corrected chi connectivity index (χ3v) is 5.82. The summed E-state index contributed by atoms with van der Waals surface area (Å²) in [4.78, 5) is 29.2. The largest absolute Gasteiger partial charge is 0.365 e. The molecular weight excluding hydrogens is 394 g/mol. The first-order valence-corrected chi connectivity index (χ1v) is 9.49. The molecule has 0 aromatic carbocycles. The number of nitrogens with two attached hydrogens (primary N) is 1. The van der Waals surface area contributed by atoms with E-state index >= 15 is 0 Å². The predicted molar refractivity (Wildman–Crippen MR) is 106 cm³/mol. The maximum Gasteiger partial charge on any atom is 0.291 e. The molecule has 5 aromatic heterocycles. The molecule has 0 aliphatic carbocycles. The second-order valence-corrected chi connectivity index (χ2v) is 7.62. The Morgan fingerprint density at radius 2 is 2.17 bits per heavy atom. The number of carbonyl (C=O) groups is 1. The highest BCUT2D eigenvalue weighted by molar-refractivity contribution is 7.19. The van der Waals surface area contributed by atoms with E-state index in [-0.39, 0.29) is 17.7 Å². The second-order valence-electron chi connectivity index (χ2n) is 6.54. The van der Waals surface area contributed by atoms with Crippen LogP contribution in [0.15, 0.2) is 29.5 Å². The maximum absolute atomic E-state index is 13.1. The van der Waals surface area contributed by atoms with E-state index in [0.29, 0.717) is 17.6 Å². The van der Waals surface area contributed by atoms with Gasteiger partial charge in [-0.25, -0.2) is 9.67 Å². The third-order valence-electron chi connectivity index (χ3n) is 4.74. The highest BCUT2D eigenvalue weighted by atomic mass is 32.1. The number of rotatable bonds is 5. The molecule has 4 N–H and O–H groups in total. The number of primary amides is 1. The zero-order valence-electron chi connectivity index (χ0n) is 15.2. The number of aryl methyl sites for hydroxylation is 1. The molecule has 1 amide bonds. The van der Waals surface area contributed by atoms with Gasteiger partial charge in [-0.3, -0.25) is 19.8 Å². The monoisotopic (exact) mass is 409 g/mol. The molecule has 5 heterocycles. The molecule has 0 bridgehead atoms. The van der Waals surface area contributed by atoms with Crippen LogP contribution in [0, 0.1) is 0 Å². The van der Waals surface area contributed by atoms with Crippen LogP contribution in [-0.4, -0.2) is 45.6 Å². The van der Waals surface area contributed by atoms with Gasteiger partial charge in [-0.2, -0.15) is 15.3 Å². The van der Waals surface area contributed by atoms with E-state index in [2.05, 4.69) is 30.5 Å². The fraction of sp³-hybridized carbons (Fsp3) is 0.176. The Labute approximate surface area is 166 Å². The van der Waals surface area contributed by atoms with Crippen molar-refractivity contribution in [3.8, 4) is 0 Å². The van der Waals surface area contributed by atoms with E-state index in [1.807, 2.05) is 6.07 Å². The summed E-state index contributed by atoms with van der Waals surface area (Å²) in [6.07, 6.45) is 5.44. The lowest BCUT2D eigenvalue weighted by Gasteiger charge is -2.04. The lowest BCUT2D eigenvalue weighted by atomic mass is 10.2. The number of fused-ring (bicyclic) bond motifs is 3. The Kier molecular flexibility index (Phi) is 3.81. The molecule has 0 saturated heterocycles. The number of nitrogens with one attached hydrogen (secondary N) is 2. The lowest BCUT2D eigenvalue weighted by Crippen LogP contribution is -2.26. The van der Waals surface area contributed by atoms with E-state index in [1.54, 1.807) is 24.0 Å². The summed E-state index contributed by atoms with van der Waals surface area (Å²) in [6, 6.07) is 1.90. The highest BCUT2D eigenvalue weighted by Gasteiger charge is 2.20. The topological polar surface area (TPSA) is 153 Å². The molecule has 0 atom stereocenters. The van der Waals surface area contributed by atoms with Crippen LogP contribution in [0.5, 0.6) is 0 Å². The number of hydrogen-bond acceptors (Lipinski definition) is 7. The number of aromatic amines is 2. The van der Waals surface area contributed by atoms with Gasteiger partial charge in [-0.05, 0) is 6.07 Å². The van der Waals surface area contributed by atoms with Crippen molar-refractivity contribution in [1.29, 1.82) is 0 Å². The van der Waals surface area contributed by atoms with Crippen molar-refractivity contribution < 1.29 is 4.79 Å². The van der Waals surface area contributed by atoms with Gasteiger partial charge in [-0.15, -0.1) is 11.3 Å². The van der Waals surface area contributed by atoms with Gasteiger partial charge < -0.3 is 10.3 Å². The number of H-pyrrole nitrogens is 2. The Morgan fingerprint density at radius 3 is 2.93 bits per heavy atom. The molecule has 0 radical (unpaired) electrons. The summed E-state index contributed by atoms with van der Waals surface area (Å²) in [5.74, 6) is -0.615. The molecule has 12 heteroatoms. The average molecular weight is 409 g/mol. The van der Waals surface area contributed by atoms with Gasteiger partial charge in [0.15, 0.2) is 5.65 Å². The first-order chi connectivity index (χ1) is 14.0. The number of amides is 1. The molecule has 5 rings (SSSR count). The summed E-state index contributed by atoms with van der Waals surface area (Å²) < 4.78 is 3.94. The zero-order valence-corrected chi connectivity index (χ0v) is 16.0. The Morgan fingerprint density at radius 1 is 1.31 bits per heavy atom. The van der Waals surface area contributed by atoms with Gasteiger partial charge in [0.2, 0.25) is 0 Å². The predicted octanol–water partition coefficient (Wildman–Crippen LogP) is 0.529. The smallest absolute Gasteiger partial charge is 0.291 e. The van der Waals surface area contributed by atoms with Gasteiger partial charge in [0, 0.05) is 31.2 Å². The van der Waals surface area contributed by atoms with Crippen LogP contribution in [0.2, 0.25) is 0 Å². The van der Waals surface area contributed by atoms with Gasteiger partial charge >= 0.3 is 0 Å². The van der Waals surface area contributed by atoms with Crippen molar-refractivity contribution in [2.75, 3.05) is 0 Å². The van der Waals surface area contributed by atoms with Crippen LogP contribution in [0.3, 0.4) is 0 Å². The van der Waals surface area contributed by atoms with Gasteiger partial charge in [-0.1, -0.05) is 0 Å². The molecule has 0 spiro atoms. The number of thiazole rings is 1. The summed E-state index contributed by atoms with van der Waals surface area (Å²) in [7, 11) is 1.80. The first-order valence-electron chi connectivity index (χ1n) is 8.68. The van der Waals surface area contributed by atoms with Gasteiger partial charge in [0.1, 0.15) is 10.5 Å². The molecule has 146 valence electrons. The maximum atomic E-state index is 13.1. The lowest BCUT2D eigenvalue weighted by molar-refractivity contribution is 0.0999. The van der Waals surface area contributed by atoms with Crippen LogP contribution in [-0.2, 0) is 20.0 Å². The molecule has 0 saturated carbocycles. The Bertz CT molecular complexity index is 1420. The van der Waals surface area contributed by atoms with Gasteiger partial charge in [0.25, 0.3) is 11.5 Å². The summed E-state index contributed by atoms with van der Waals surface area (Å²) in [5, 5.41) is 19.5. The molecule has 11 nitrogen and oxygen atoms in total. The van der Waals surface area contributed by atoms with E-state index in [9.17, 15) is 9.59 Å². The van der Waals surface area contributed by atoms with Crippen LogP contribution < -0.4 is 11.3 Å². The van der Waals surface area contributed by atoms with Crippen LogP contribution in [0.25, 0.3) is 21.3 Å². The molecular formula is C17H15N9O2S. The van der Waals surface area contributed by atoms with Crippen LogP contribution in [0.1, 0.15) is 26.8 Å². The van der Waals surface area contributed by atoms with Crippen molar-refractivity contribution in [2.24, 2.45) is 12.8 Å². The average Bonchev–Trinajstić information content (AvgIpc) is 3.45. The number of carbonyl (C=O) groups excluding carboxylic acids is 1. The molecule has 0 fully saturated rings. The highest BCUT2D eigenvalue weighted by Crippen LogP contribution is 2.31. The van der Waals surface area contributed by atoms with E-state index in [1.165, 1.54) is 22.2 Å². The Hall–Kier alpha value is -3.80. The molecule has 0 unspecified atom stereocenters. The number of hydrogen-bond donors (Lipinski definition) is 3. The van der Waals surface area contributed by atoms with E-state index in [0.717, 1.165) is 26.4 Å². The summed E-state index contributed by atoms with van der Waals surface area (Å²) >= 11 is 1.52. The van der Waals surface area contributed by atoms with E-state index in [4.69, 9.17) is 5.73 Å². The zero-order chi connectivity index (χ0) is 20.1. The molecule has 0 aliphatic heterocycles. The fourth-order valence-electron chi connectivity index (χ4n) is 3.36. The van der Waals surface area contributed by atoms with Crippen molar-refractivity contribution in [3.63, 3.8) is 0 Å². The SMILES string of the molecule is Cn1c2nc(Cc3cc[nH]n3)sc2c2cnn(Cc3n[nH]cc3C(N)=O)c(=O)c21. The van der Waals surface area contributed by atoms with Crippen molar-refractivity contribution in [1.82, 2.24) is 39.7 Å². The second kappa shape index (κ2) is 6.38. The number of aromatic nitrogens is 8. The van der Waals surface area contributed by atoms with Crippen LogP contribution in [0.4, 0.5) is 0 Å². The molecule has 29 heavy (non-hydrogen) atoms. The van der Waals surface area contributed by atoms with E-state index < -0.39 is 5.91 Å². The summed E-state index contributed by atoms with van der Waals surface area (Å²) in [5.41, 5.74) is 7.77. The first kappa shape index (κ1) is 17.3. The Balaban J connectivity index is 1.58. The quantitative estimate of drug-likeness (QED) is 0.385. The molecule has 0 aliphatic rings.